The van der Waals surface area contributed by atoms with Crippen LogP contribution in [0, 0.1) is 5.92 Å². The largest absolute Gasteiger partial charge is 0.394 e. The van der Waals surface area contributed by atoms with Gasteiger partial charge in [-0.3, -0.25) is 4.79 Å². The fraction of sp³-hybridized carbons (Fsp3) is 0.667. The molecule has 2 rings (SSSR count). The second-order valence-corrected chi connectivity index (χ2v) is 4.75. The molecule has 0 aromatic carbocycles. The Morgan fingerprint density at radius 2 is 2.47 bits per heavy atom. The number of hydrogen-bond donors (Lipinski definition) is 2. The van der Waals surface area contributed by atoms with Gasteiger partial charge in [0.25, 0.3) is 5.56 Å². The first kappa shape index (κ1) is 12.1. The van der Waals surface area contributed by atoms with Gasteiger partial charge >= 0.3 is 0 Å². The lowest BCUT2D eigenvalue weighted by Crippen LogP contribution is -2.36. The van der Waals surface area contributed by atoms with E-state index in [-0.39, 0.29) is 11.2 Å². The molecule has 2 heterocycles. The zero-order valence-corrected chi connectivity index (χ0v) is 10.3. The van der Waals surface area contributed by atoms with Crippen LogP contribution >= 0.6 is 0 Å². The fourth-order valence-corrected chi connectivity index (χ4v) is 2.47. The second-order valence-electron chi connectivity index (χ2n) is 4.75. The summed E-state index contributed by atoms with van der Waals surface area (Å²) in [5, 5.41) is 6.49. The molecule has 94 valence electrons. The Morgan fingerprint density at radius 1 is 1.65 bits per heavy atom. The molecule has 17 heavy (non-hydrogen) atoms. The first-order chi connectivity index (χ1) is 8.19. The maximum absolute atomic E-state index is 11.1. The number of rotatable bonds is 3. The molecule has 1 aromatic heterocycles. The average molecular weight is 236 g/mol. The molecule has 1 fully saturated rings. The number of nitrogens with one attached hydrogen (secondary N) is 1. The van der Waals surface area contributed by atoms with E-state index in [1.54, 1.807) is 6.07 Å². The molecule has 1 atom stereocenters. The molecule has 0 radical (unpaired) electrons. The number of aromatic nitrogens is 2. The van der Waals surface area contributed by atoms with Gasteiger partial charge in [-0.05, 0) is 44.3 Å². The molecule has 0 spiro atoms. The fourth-order valence-electron chi connectivity index (χ4n) is 2.47. The Labute approximate surface area is 101 Å². The van der Waals surface area contributed by atoms with E-state index >= 15 is 0 Å². The molecule has 0 saturated carbocycles. The van der Waals surface area contributed by atoms with E-state index in [1.807, 2.05) is 0 Å². The SMILES string of the molecule is CCN1CCCC(Cc2cc(N)c(=O)[nH]n2)C1. The lowest BCUT2D eigenvalue weighted by Gasteiger charge is -2.31. The van der Waals surface area contributed by atoms with Crippen LogP contribution in [0.4, 0.5) is 5.69 Å². The Kier molecular flexibility index (Phi) is 3.78. The topological polar surface area (TPSA) is 75.0 Å². The summed E-state index contributed by atoms with van der Waals surface area (Å²) in [6.07, 6.45) is 3.38. The van der Waals surface area contributed by atoms with Crippen molar-refractivity contribution >= 4 is 5.69 Å². The predicted molar refractivity (Wildman–Crippen MR) is 67.8 cm³/mol. The standard InChI is InChI=1S/C12H20N4O/c1-2-16-5-3-4-9(8-16)6-10-7-11(13)12(17)15-14-10/h7,9H,2-6,8H2,1H3,(H2,13,14)(H,15,17). The number of nitrogen functional groups attached to an aromatic ring is 1. The third-order valence-electron chi connectivity index (χ3n) is 3.43. The van der Waals surface area contributed by atoms with Crippen LogP contribution in [0.3, 0.4) is 0 Å². The second kappa shape index (κ2) is 5.31. The van der Waals surface area contributed by atoms with Gasteiger partial charge in [0.05, 0.1) is 5.69 Å². The molecule has 0 bridgehead atoms. The molecule has 5 heteroatoms. The van der Waals surface area contributed by atoms with Crippen molar-refractivity contribution in [2.24, 2.45) is 5.92 Å². The number of aromatic amines is 1. The molecule has 1 saturated heterocycles. The van der Waals surface area contributed by atoms with Crippen LogP contribution in [0.1, 0.15) is 25.5 Å². The lowest BCUT2D eigenvalue weighted by atomic mass is 9.93. The minimum atomic E-state index is -0.299. The predicted octanol–water partition coefficient (Wildman–Crippen LogP) is 0.627. The highest BCUT2D eigenvalue weighted by atomic mass is 16.1. The maximum Gasteiger partial charge on any atom is 0.287 e. The molecule has 0 amide bonds. The quantitative estimate of drug-likeness (QED) is 0.807. The van der Waals surface area contributed by atoms with E-state index < -0.39 is 0 Å². The van der Waals surface area contributed by atoms with Crippen LogP contribution < -0.4 is 11.3 Å². The van der Waals surface area contributed by atoms with Gasteiger partial charge in [-0.25, -0.2) is 5.10 Å². The van der Waals surface area contributed by atoms with Gasteiger partial charge in [0.15, 0.2) is 0 Å². The zero-order valence-electron chi connectivity index (χ0n) is 10.3. The molecule has 0 aliphatic carbocycles. The number of nitrogens with two attached hydrogens (primary N) is 1. The third kappa shape index (κ3) is 3.06. The summed E-state index contributed by atoms with van der Waals surface area (Å²) in [5.74, 6) is 0.626. The van der Waals surface area contributed by atoms with Crippen LogP contribution in [-0.2, 0) is 6.42 Å². The molecule has 1 unspecified atom stereocenters. The summed E-state index contributed by atoms with van der Waals surface area (Å²) in [6, 6.07) is 1.70. The van der Waals surface area contributed by atoms with E-state index in [0.717, 1.165) is 25.2 Å². The van der Waals surface area contributed by atoms with Crippen LogP contribution in [0.2, 0.25) is 0 Å². The van der Waals surface area contributed by atoms with E-state index in [0.29, 0.717) is 5.92 Å². The minimum Gasteiger partial charge on any atom is -0.394 e. The molecular formula is C12H20N4O. The van der Waals surface area contributed by atoms with Crippen LogP contribution in [-0.4, -0.2) is 34.7 Å². The van der Waals surface area contributed by atoms with Crippen molar-refractivity contribution in [2.45, 2.75) is 26.2 Å². The van der Waals surface area contributed by atoms with E-state index in [9.17, 15) is 4.79 Å². The number of piperidine rings is 1. The number of nitrogens with zero attached hydrogens (tertiary/aromatic N) is 2. The van der Waals surface area contributed by atoms with Crippen molar-refractivity contribution in [3.8, 4) is 0 Å². The van der Waals surface area contributed by atoms with Crippen molar-refractivity contribution in [1.29, 1.82) is 0 Å². The summed E-state index contributed by atoms with van der Waals surface area (Å²) in [5.41, 5.74) is 6.44. The normalized spacial score (nSPS) is 21.6. The maximum atomic E-state index is 11.1. The molecule has 3 N–H and O–H groups in total. The number of likely N-dealkylation sites (tertiary alicyclic amines) is 1. The highest BCUT2D eigenvalue weighted by Crippen LogP contribution is 2.19. The summed E-state index contributed by atoms with van der Waals surface area (Å²) >= 11 is 0. The average Bonchev–Trinajstić information content (AvgIpc) is 2.34. The summed E-state index contributed by atoms with van der Waals surface area (Å²) in [7, 11) is 0. The lowest BCUT2D eigenvalue weighted by molar-refractivity contribution is 0.181. The monoisotopic (exact) mass is 236 g/mol. The molecule has 1 aliphatic heterocycles. The van der Waals surface area contributed by atoms with E-state index in [2.05, 4.69) is 22.0 Å². The van der Waals surface area contributed by atoms with Gasteiger partial charge in [-0.1, -0.05) is 6.92 Å². The van der Waals surface area contributed by atoms with Gasteiger partial charge in [0.2, 0.25) is 0 Å². The van der Waals surface area contributed by atoms with Gasteiger partial charge in [0, 0.05) is 6.54 Å². The molecule has 5 nitrogen and oxygen atoms in total. The number of anilines is 1. The van der Waals surface area contributed by atoms with Gasteiger partial charge in [-0.15, -0.1) is 0 Å². The highest BCUT2D eigenvalue weighted by molar-refractivity contribution is 5.34. The van der Waals surface area contributed by atoms with Crippen LogP contribution in [0.25, 0.3) is 0 Å². The third-order valence-corrected chi connectivity index (χ3v) is 3.43. The summed E-state index contributed by atoms with van der Waals surface area (Å²) < 4.78 is 0. The number of H-pyrrole nitrogens is 1. The van der Waals surface area contributed by atoms with Crippen molar-refractivity contribution in [3.05, 3.63) is 22.1 Å². The molecular weight excluding hydrogens is 216 g/mol. The van der Waals surface area contributed by atoms with Crippen molar-refractivity contribution in [2.75, 3.05) is 25.4 Å². The Balaban J connectivity index is 2.00. The van der Waals surface area contributed by atoms with Gasteiger partial charge in [-0.2, -0.15) is 5.10 Å². The van der Waals surface area contributed by atoms with E-state index in [4.69, 9.17) is 5.73 Å². The van der Waals surface area contributed by atoms with Crippen LogP contribution in [0.15, 0.2) is 10.9 Å². The van der Waals surface area contributed by atoms with Crippen molar-refractivity contribution < 1.29 is 0 Å². The minimum absolute atomic E-state index is 0.262. The smallest absolute Gasteiger partial charge is 0.287 e. The Morgan fingerprint density at radius 3 is 3.18 bits per heavy atom. The van der Waals surface area contributed by atoms with Crippen LogP contribution in [0.5, 0.6) is 0 Å². The Bertz CT molecular complexity index is 429. The summed E-state index contributed by atoms with van der Waals surface area (Å²) in [4.78, 5) is 13.6. The molecule has 1 aliphatic rings. The van der Waals surface area contributed by atoms with Crippen molar-refractivity contribution in [1.82, 2.24) is 15.1 Å². The van der Waals surface area contributed by atoms with Gasteiger partial charge in [0.1, 0.15) is 5.69 Å². The van der Waals surface area contributed by atoms with E-state index in [1.165, 1.54) is 19.4 Å². The summed E-state index contributed by atoms with van der Waals surface area (Å²) in [6.45, 7) is 5.63. The number of hydrogen-bond acceptors (Lipinski definition) is 4. The van der Waals surface area contributed by atoms with Gasteiger partial charge < -0.3 is 10.6 Å². The first-order valence-electron chi connectivity index (χ1n) is 6.25. The van der Waals surface area contributed by atoms with Crippen molar-refractivity contribution in [3.63, 3.8) is 0 Å². The zero-order chi connectivity index (χ0) is 12.3. The molecule has 1 aromatic rings. The first-order valence-corrected chi connectivity index (χ1v) is 6.25. The highest BCUT2D eigenvalue weighted by Gasteiger charge is 2.19. The Hall–Kier alpha value is -1.36.